The van der Waals surface area contributed by atoms with Gasteiger partial charge in [-0.25, -0.2) is 13.9 Å². The van der Waals surface area contributed by atoms with Crippen LogP contribution < -0.4 is 5.32 Å². The third-order valence-corrected chi connectivity index (χ3v) is 5.71. The van der Waals surface area contributed by atoms with Crippen LogP contribution in [0.5, 0.6) is 0 Å². The second-order valence-corrected chi connectivity index (χ2v) is 8.30. The lowest BCUT2D eigenvalue weighted by molar-refractivity contribution is -0.137. The maximum atomic E-state index is 14.8. The number of rotatable bonds is 3. The molecule has 35 heavy (non-hydrogen) atoms. The molecule has 3 heterocycles. The first-order valence-electron chi connectivity index (χ1n) is 10.6. The van der Waals surface area contributed by atoms with E-state index in [1.54, 1.807) is 13.0 Å². The number of alkyl halides is 3. The number of benzene rings is 1. The van der Waals surface area contributed by atoms with Crippen molar-refractivity contribution < 1.29 is 26.8 Å². The van der Waals surface area contributed by atoms with Gasteiger partial charge in [-0.1, -0.05) is 6.92 Å². The number of aromatic nitrogens is 5. The number of nitrogens with one attached hydrogen (secondary N) is 1. The highest BCUT2D eigenvalue weighted by atomic mass is 19.4. The molecule has 1 unspecified atom stereocenters. The number of anilines is 1. The smallest absolute Gasteiger partial charge is 0.417 e. The molecule has 3 aromatic rings. The van der Waals surface area contributed by atoms with Gasteiger partial charge < -0.3 is 14.6 Å². The van der Waals surface area contributed by atoms with Gasteiger partial charge in [0.05, 0.1) is 11.3 Å². The zero-order valence-corrected chi connectivity index (χ0v) is 18.9. The van der Waals surface area contributed by atoms with Gasteiger partial charge in [0.15, 0.2) is 5.82 Å². The van der Waals surface area contributed by atoms with Crippen LogP contribution in [0.3, 0.4) is 0 Å². The molecule has 4 rings (SSSR count). The Morgan fingerprint density at radius 1 is 1.31 bits per heavy atom. The summed E-state index contributed by atoms with van der Waals surface area (Å²) >= 11 is 0. The second-order valence-electron chi connectivity index (χ2n) is 8.30. The number of hydrogen-bond acceptors (Lipinski definition) is 7. The van der Waals surface area contributed by atoms with E-state index in [2.05, 4.69) is 25.6 Å². The first-order valence-corrected chi connectivity index (χ1v) is 10.6. The van der Waals surface area contributed by atoms with Crippen molar-refractivity contribution in [1.29, 1.82) is 5.26 Å². The molecule has 1 N–H and O–H groups in total. The van der Waals surface area contributed by atoms with E-state index in [0.29, 0.717) is 25.3 Å². The van der Waals surface area contributed by atoms with Gasteiger partial charge in [-0.05, 0) is 30.9 Å². The van der Waals surface area contributed by atoms with E-state index in [1.165, 1.54) is 11.9 Å². The molecule has 2 aromatic heterocycles. The zero-order chi connectivity index (χ0) is 25.5. The molecule has 10 nitrogen and oxygen atoms in total. The van der Waals surface area contributed by atoms with Crippen molar-refractivity contribution in [2.45, 2.75) is 38.9 Å². The molecule has 1 aliphatic rings. The summed E-state index contributed by atoms with van der Waals surface area (Å²) in [6.07, 6.45) is -3.76. The van der Waals surface area contributed by atoms with Gasteiger partial charge in [0, 0.05) is 26.1 Å². The molecule has 0 saturated carbocycles. The third-order valence-electron chi connectivity index (χ3n) is 5.71. The van der Waals surface area contributed by atoms with Crippen molar-refractivity contribution in [3.63, 3.8) is 0 Å². The summed E-state index contributed by atoms with van der Waals surface area (Å²) < 4.78 is 62.2. The molecule has 0 radical (unpaired) electrons. The van der Waals surface area contributed by atoms with Crippen molar-refractivity contribution in [1.82, 2.24) is 29.9 Å². The lowest BCUT2D eigenvalue weighted by atomic mass is 9.92. The predicted molar refractivity (Wildman–Crippen MR) is 112 cm³/mol. The minimum atomic E-state index is -4.94. The molecule has 0 aliphatic carbocycles. The fraction of sp³-hybridized carbons (Fsp3) is 0.429. The minimum absolute atomic E-state index is 0.222. The molecule has 0 bridgehead atoms. The van der Waals surface area contributed by atoms with Crippen LogP contribution in [0.1, 0.15) is 49.0 Å². The highest BCUT2D eigenvalue weighted by Gasteiger charge is 2.38. The van der Waals surface area contributed by atoms with Gasteiger partial charge in [0.1, 0.15) is 17.9 Å². The number of likely N-dealkylation sites (tertiary alicyclic amines) is 1. The van der Waals surface area contributed by atoms with Gasteiger partial charge >= 0.3 is 12.2 Å². The van der Waals surface area contributed by atoms with Crippen LogP contribution in [0.2, 0.25) is 0 Å². The number of nitriles is 1. The van der Waals surface area contributed by atoms with Crippen molar-refractivity contribution in [3.05, 3.63) is 41.1 Å². The molecule has 1 aliphatic heterocycles. The summed E-state index contributed by atoms with van der Waals surface area (Å²) in [5, 5.41) is 23.0. The maximum Gasteiger partial charge on any atom is 0.417 e. The van der Waals surface area contributed by atoms with Gasteiger partial charge in [0.25, 0.3) is 0 Å². The number of nitrogens with zero attached hydrogens (tertiary/aromatic N) is 7. The SMILES string of the molecule is Cc1nnc(C2C[C@@H](C)CCN2C(=O)Nc2cc(-c3nc(C#N)n(C)n3)c(C(F)(F)F)cc2F)o1. The Hall–Kier alpha value is -4.02. The third kappa shape index (κ3) is 4.79. The summed E-state index contributed by atoms with van der Waals surface area (Å²) in [5.41, 5.74) is -2.42. The largest absolute Gasteiger partial charge is 0.423 e. The van der Waals surface area contributed by atoms with E-state index in [1.807, 2.05) is 6.92 Å². The van der Waals surface area contributed by atoms with Gasteiger partial charge in [-0.15, -0.1) is 10.2 Å². The van der Waals surface area contributed by atoms with E-state index in [9.17, 15) is 22.4 Å². The quantitative estimate of drug-likeness (QED) is 0.543. The first-order chi connectivity index (χ1) is 16.5. The zero-order valence-electron chi connectivity index (χ0n) is 18.9. The number of urea groups is 1. The van der Waals surface area contributed by atoms with Crippen LogP contribution in [0.25, 0.3) is 11.4 Å². The topological polar surface area (TPSA) is 126 Å². The van der Waals surface area contributed by atoms with E-state index >= 15 is 0 Å². The molecule has 0 spiro atoms. The summed E-state index contributed by atoms with van der Waals surface area (Å²) in [6.45, 7) is 3.90. The summed E-state index contributed by atoms with van der Waals surface area (Å²) in [5.74, 6) is -1.17. The average molecular weight is 492 g/mol. The molecule has 2 atom stereocenters. The van der Waals surface area contributed by atoms with Crippen LogP contribution in [0.15, 0.2) is 16.5 Å². The average Bonchev–Trinajstić information content (AvgIpc) is 3.39. The van der Waals surface area contributed by atoms with Crippen molar-refractivity contribution >= 4 is 11.7 Å². The number of amides is 2. The van der Waals surface area contributed by atoms with Crippen LogP contribution >= 0.6 is 0 Å². The number of piperidine rings is 1. The standard InChI is InChI=1S/C21H20F4N8O2/c1-10-4-5-33(16(6-10)19-30-29-11(2)35-19)20(34)27-15-7-12(13(8-14(15)22)21(23,24)25)18-28-17(9-26)32(3)31-18/h7-8,10,16H,4-6H2,1-3H3,(H,27,34)/t10-,16?/m0/s1. The molecule has 184 valence electrons. The van der Waals surface area contributed by atoms with E-state index < -0.39 is 46.7 Å². The molecule has 1 saturated heterocycles. The molecule has 14 heteroatoms. The lowest BCUT2D eigenvalue weighted by Crippen LogP contribution is -2.43. The maximum absolute atomic E-state index is 14.8. The fourth-order valence-electron chi connectivity index (χ4n) is 3.94. The Balaban J connectivity index is 1.70. The molecule has 1 fully saturated rings. The Morgan fingerprint density at radius 2 is 2.06 bits per heavy atom. The Morgan fingerprint density at radius 3 is 2.66 bits per heavy atom. The number of halogens is 4. The summed E-state index contributed by atoms with van der Waals surface area (Å²) in [7, 11) is 1.34. The minimum Gasteiger partial charge on any atom is -0.423 e. The van der Waals surface area contributed by atoms with E-state index in [0.717, 1.165) is 10.7 Å². The summed E-state index contributed by atoms with van der Waals surface area (Å²) in [6, 6.07) is 1.47. The van der Waals surface area contributed by atoms with Crippen molar-refractivity contribution in [3.8, 4) is 17.5 Å². The number of carbonyl (C=O) groups excluding carboxylic acids is 1. The normalized spacial score (nSPS) is 18.4. The highest BCUT2D eigenvalue weighted by molar-refractivity contribution is 5.91. The first kappa shape index (κ1) is 24.1. The van der Waals surface area contributed by atoms with E-state index in [4.69, 9.17) is 9.68 Å². The molecular formula is C21H20F4N8O2. The lowest BCUT2D eigenvalue weighted by Gasteiger charge is -2.36. The van der Waals surface area contributed by atoms with E-state index in [-0.39, 0.29) is 23.7 Å². The van der Waals surface area contributed by atoms with Crippen LogP contribution in [0, 0.1) is 30.0 Å². The van der Waals surface area contributed by atoms with Crippen LogP contribution in [-0.4, -0.2) is 42.4 Å². The fourth-order valence-corrected chi connectivity index (χ4v) is 3.94. The second kappa shape index (κ2) is 8.97. The van der Waals surface area contributed by atoms with Gasteiger partial charge in [0.2, 0.25) is 17.6 Å². The number of hydrogen-bond donors (Lipinski definition) is 1. The Kier molecular flexibility index (Phi) is 6.18. The Labute approximate surface area is 196 Å². The molecule has 1 aromatic carbocycles. The van der Waals surface area contributed by atoms with Crippen LogP contribution in [-0.2, 0) is 13.2 Å². The number of carbonyl (C=O) groups is 1. The van der Waals surface area contributed by atoms with Crippen molar-refractivity contribution in [2.24, 2.45) is 13.0 Å². The molecule has 2 amide bonds. The van der Waals surface area contributed by atoms with Crippen molar-refractivity contribution in [2.75, 3.05) is 11.9 Å². The monoisotopic (exact) mass is 492 g/mol. The Bertz CT molecular complexity index is 1310. The highest BCUT2D eigenvalue weighted by Crippen LogP contribution is 2.39. The van der Waals surface area contributed by atoms with Gasteiger partial charge in [-0.2, -0.15) is 28.5 Å². The molecular weight excluding hydrogens is 472 g/mol. The predicted octanol–water partition coefficient (Wildman–Crippen LogP) is 4.21. The number of aryl methyl sites for hydroxylation is 2. The van der Waals surface area contributed by atoms with Crippen LogP contribution in [0.4, 0.5) is 28.0 Å². The van der Waals surface area contributed by atoms with Gasteiger partial charge in [-0.3, -0.25) is 0 Å². The summed E-state index contributed by atoms with van der Waals surface area (Å²) in [4.78, 5) is 18.3.